The molecule has 2 heteroatoms. The maximum atomic E-state index is 5.27. The van der Waals surface area contributed by atoms with Gasteiger partial charge in [0, 0.05) is 19.8 Å². The highest BCUT2D eigenvalue weighted by Gasteiger charge is 2.12. The van der Waals surface area contributed by atoms with Crippen LogP contribution in [0.2, 0.25) is 0 Å². The van der Waals surface area contributed by atoms with Gasteiger partial charge in [0.2, 0.25) is 0 Å². The van der Waals surface area contributed by atoms with Crippen LogP contribution in [-0.4, -0.2) is 19.8 Å². The van der Waals surface area contributed by atoms with Crippen molar-refractivity contribution in [3.05, 3.63) is 6.54 Å². The second-order valence-corrected chi connectivity index (χ2v) is 3.08. The van der Waals surface area contributed by atoms with Gasteiger partial charge in [-0.15, -0.1) is 0 Å². The molecule has 0 aromatic carbocycles. The summed E-state index contributed by atoms with van der Waals surface area (Å²) in [5, 5.41) is 3.32. The van der Waals surface area contributed by atoms with Crippen LogP contribution in [0.3, 0.4) is 0 Å². The Morgan fingerprint density at radius 1 is 1.45 bits per heavy atom. The largest absolute Gasteiger partial charge is 0.381 e. The Hall–Kier alpha value is -0.0800. The minimum absolute atomic E-state index is 0.839. The van der Waals surface area contributed by atoms with Crippen molar-refractivity contribution in [3.63, 3.8) is 0 Å². The second-order valence-electron chi connectivity index (χ2n) is 3.08. The molecule has 11 heavy (non-hydrogen) atoms. The van der Waals surface area contributed by atoms with Crippen LogP contribution < -0.4 is 5.32 Å². The van der Waals surface area contributed by atoms with Crippen LogP contribution in [0.4, 0.5) is 0 Å². The van der Waals surface area contributed by atoms with Crippen molar-refractivity contribution in [1.29, 1.82) is 0 Å². The average molecular weight is 156 g/mol. The topological polar surface area (TPSA) is 21.3 Å². The predicted molar refractivity (Wildman–Crippen MR) is 46.1 cm³/mol. The molecular weight excluding hydrogens is 138 g/mol. The highest BCUT2D eigenvalue weighted by Crippen LogP contribution is 2.13. The molecule has 1 heterocycles. The van der Waals surface area contributed by atoms with Crippen LogP contribution in [0.5, 0.6) is 0 Å². The molecule has 2 nitrogen and oxygen atoms in total. The van der Waals surface area contributed by atoms with Crippen LogP contribution in [0.15, 0.2) is 0 Å². The SMILES string of the molecule is CC[CH]NCC1CCOCC1. The normalized spacial score (nSPS) is 20.5. The predicted octanol–water partition coefficient (Wildman–Crippen LogP) is 1.57. The molecule has 0 unspecified atom stereocenters. The summed E-state index contributed by atoms with van der Waals surface area (Å²) in [6.07, 6.45) is 3.57. The summed E-state index contributed by atoms with van der Waals surface area (Å²) in [5.74, 6) is 0.839. The first-order valence-electron chi connectivity index (χ1n) is 4.56. The molecule has 0 amide bonds. The summed E-state index contributed by atoms with van der Waals surface area (Å²) in [4.78, 5) is 0. The van der Waals surface area contributed by atoms with E-state index in [0.717, 1.165) is 32.1 Å². The Kier molecular flexibility index (Phi) is 4.55. The van der Waals surface area contributed by atoms with E-state index in [9.17, 15) is 0 Å². The molecule has 0 atom stereocenters. The van der Waals surface area contributed by atoms with Gasteiger partial charge in [0.25, 0.3) is 0 Å². The van der Waals surface area contributed by atoms with Gasteiger partial charge in [-0.1, -0.05) is 6.92 Å². The summed E-state index contributed by atoms with van der Waals surface area (Å²) in [6.45, 7) is 7.33. The number of hydrogen-bond acceptors (Lipinski definition) is 2. The molecule has 1 aliphatic heterocycles. The van der Waals surface area contributed by atoms with Gasteiger partial charge in [-0.3, -0.25) is 0 Å². The van der Waals surface area contributed by atoms with Crippen LogP contribution >= 0.6 is 0 Å². The first-order chi connectivity index (χ1) is 5.43. The maximum absolute atomic E-state index is 5.27. The third-order valence-corrected chi connectivity index (χ3v) is 2.10. The highest BCUT2D eigenvalue weighted by atomic mass is 16.5. The fraction of sp³-hybridized carbons (Fsp3) is 0.889. The van der Waals surface area contributed by atoms with Crippen molar-refractivity contribution >= 4 is 0 Å². The zero-order chi connectivity index (χ0) is 7.94. The van der Waals surface area contributed by atoms with Gasteiger partial charge in [0.1, 0.15) is 0 Å². The number of rotatable bonds is 4. The van der Waals surface area contributed by atoms with Crippen molar-refractivity contribution < 1.29 is 4.74 Å². The molecular formula is C9H18NO. The Balaban J connectivity index is 1.96. The second kappa shape index (κ2) is 5.56. The Labute approximate surface area is 69.3 Å². The molecule has 0 aromatic heterocycles. The maximum Gasteiger partial charge on any atom is 0.0469 e. The van der Waals surface area contributed by atoms with Crippen molar-refractivity contribution in [2.75, 3.05) is 19.8 Å². The highest BCUT2D eigenvalue weighted by molar-refractivity contribution is 4.68. The molecule has 65 valence electrons. The minimum Gasteiger partial charge on any atom is -0.381 e. The van der Waals surface area contributed by atoms with Gasteiger partial charge in [0.15, 0.2) is 0 Å². The third kappa shape index (κ3) is 3.73. The summed E-state index contributed by atoms with van der Waals surface area (Å²) in [5.41, 5.74) is 0. The van der Waals surface area contributed by atoms with Crippen LogP contribution in [0.1, 0.15) is 26.2 Å². The van der Waals surface area contributed by atoms with Gasteiger partial charge < -0.3 is 10.1 Å². The van der Waals surface area contributed by atoms with E-state index >= 15 is 0 Å². The molecule has 0 spiro atoms. The summed E-state index contributed by atoms with van der Waals surface area (Å²) >= 11 is 0. The smallest absolute Gasteiger partial charge is 0.0469 e. The van der Waals surface area contributed by atoms with Gasteiger partial charge in [-0.2, -0.15) is 0 Å². The summed E-state index contributed by atoms with van der Waals surface area (Å²) in [7, 11) is 0. The van der Waals surface area contributed by atoms with Crippen LogP contribution in [0, 0.1) is 12.5 Å². The quantitative estimate of drug-likeness (QED) is 0.624. The van der Waals surface area contributed by atoms with Crippen molar-refractivity contribution in [3.8, 4) is 0 Å². The van der Waals surface area contributed by atoms with Crippen LogP contribution in [0.25, 0.3) is 0 Å². The van der Waals surface area contributed by atoms with Gasteiger partial charge in [0.05, 0.1) is 0 Å². The summed E-state index contributed by atoms with van der Waals surface area (Å²) in [6, 6.07) is 0. The number of hydrogen-bond donors (Lipinski definition) is 1. The molecule has 1 saturated heterocycles. The van der Waals surface area contributed by atoms with Crippen molar-refractivity contribution in [1.82, 2.24) is 5.32 Å². The molecule has 1 rings (SSSR count). The lowest BCUT2D eigenvalue weighted by atomic mass is 10.0. The van der Waals surface area contributed by atoms with E-state index < -0.39 is 0 Å². The fourth-order valence-corrected chi connectivity index (χ4v) is 1.34. The lowest BCUT2D eigenvalue weighted by molar-refractivity contribution is 0.0669. The molecule has 1 N–H and O–H groups in total. The number of ether oxygens (including phenoxy) is 1. The van der Waals surface area contributed by atoms with E-state index in [0.29, 0.717) is 0 Å². The minimum atomic E-state index is 0.839. The lowest BCUT2D eigenvalue weighted by Crippen LogP contribution is -2.26. The molecule has 1 aliphatic rings. The molecule has 0 bridgehead atoms. The molecule has 1 fully saturated rings. The molecule has 0 aliphatic carbocycles. The molecule has 0 aromatic rings. The monoisotopic (exact) mass is 156 g/mol. The van der Waals surface area contributed by atoms with Gasteiger partial charge in [-0.25, -0.2) is 0 Å². The molecule has 0 saturated carbocycles. The first kappa shape index (κ1) is 9.01. The van der Waals surface area contributed by atoms with E-state index in [1.165, 1.54) is 12.8 Å². The third-order valence-electron chi connectivity index (χ3n) is 2.10. The Morgan fingerprint density at radius 3 is 2.82 bits per heavy atom. The van der Waals surface area contributed by atoms with Gasteiger partial charge >= 0.3 is 0 Å². The molecule has 1 radical (unpaired) electrons. The fourth-order valence-electron chi connectivity index (χ4n) is 1.34. The van der Waals surface area contributed by atoms with Crippen molar-refractivity contribution in [2.24, 2.45) is 5.92 Å². The van der Waals surface area contributed by atoms with Crippen molar-refractivity contribution in [2.45, 2.75) is 26.2 Å². The number of nitrogens with one attached hydrogen (secondary N) is 1. The first-order valence-corrected chi connectivity index (χ1v) is 4.56. The average Bonchev–Trinajstić information content (AvgIpc) is 2.07. The zero-order valence-corrected chi connectivity index (χ0v) is 7.31. The summed E-state index contributed by atoms with van der Waals surface area (Å²) < 4.78 is 5.27. The van der Waals surface area contributed by atoms with Gasteiger partial charge in [-0.05, 0) is 31.7 Å². The van der Waals surface area contributed by atoms with Crippen LogP contribution in [-0.2, 0) is 4.74 Å². The van der Waals surface area contributed by atoms with E-state index in [-0.39, 0.29) is 0 Å². The Bertz CT molecular complexity index is 89.6. The van der Waals surface area contributed by atoms with E-state index in [1.54, 1.807) is 0 Å². The van der Waals surface area contributed by atoms with E-state index in [1.807, 2.05) is 0 Å². The standard InChI is InChI=1S/C9H18NO/c1-2-5-10-8-9-3-6-11-7-4-9/h5,9-10H,2-4,6-8H2,1H3. The van der Waals surface area contributed by atoms with E-state index in [4.69, 9.17) is 4.74 Å². The Morgan fingerprint density at radius 2 is 2.18 bits per heavy atom. The zero-order valence-electron chi connectivity index (χ0n) is 7.31. The van der Waals surface area contributed by atoms with E-state index in [2.05, 4.69) is 18.8 Å². The lowest BCUT2D eigenvalue weighted by Gasteiger charge is -2.21.